The number of nitrogens with one attached hydrogen (secondary N) is 1. The summed E-state index contributed by atoms with van der Waals surface area (Å²) in [7, 11) is 0. The summed E-state index contributed by atoms with van der Waals surface area (Å²) in [5.74, 6) is -0.226. The number of rotatable bonds is 3. The Morgan fingerprint density at radius 2 is 1.82 bits per heavy atom. The Balaban J connectivity index is 1.90. The SMILES string of the molecule is NC(N)=N/[NH+]=C/c1cn(C(=O)c2cccc3ccccc23)c2ccc(Cl)cc12. The van der Waals surface area contributed by atoms with Crippen LogP contribution in [0.4, 0.5) is 0 Å². The third-order valence-electron chi connectivity index (χ3n) is 4.45. The molecule has 1 heterocycles. The molecule has 4 aromatic rings. The number of carbonyl (C=O) groups excluding carboxylic acids is 1. The van der Waals surface area contributed by atoms with Crippen molar-refractivity contribution < 1.29 is 9.90 Å². The van der Waals surface area contributed by atoms with Crippen molar-refractivity contribution >= 4 is 51.4 Å². The normalized spacial score (nSPS) is 11.3. The second-order valence-corrected chi connectivity index (χ2v) is 6.69. The lowest BCUT2D eigenvalue weighted by atomic mass is 10.0. The van der Waals surface area contributed by atoms with Crippen molar-refractivity contribution in [2.75, 3.05) is 0 Å². The molecule has 138 valence electrons. The van der Waals surface area contributed by atoms with Crippen molar-refractivity contribution in [1.29, 1.82) is 0 Å². The lowest BCUT2D eigenvalue weighted by Crippen LogP contribution is -2.63. The molecule has 0 bridgehead atoms. The van der Waals surface area contributed by atoms with Crippen LogP contribution in [0.25, 0.3) is 21.7 Å². The van der Waals surface area contributed by atoms with E-state index in [1.54, 1.807) is 29.1 Å². The van der Waals surface area contributed by atoms with Crippen LogP contribution in [0.3, 0.4) is 0 Å². The number of nitrogens with zero attached hydrogens (tertiary/aromatic N) is 2. The van der Waals surface area contributed by atoms with E-state index in [-0.39, 0.29) is 11.9 Å². The van der Waals surface area contributed by atoms with E-state index in [0.717, 1.165) is 27.2 Å². The molecule has 3 aromatic carbocycles. The van der Waals surface area contributed by atoms with Crippen LogP contribution < -0.4 is 16.6 Å². The number of halogens is 1. The molecule has 0 spiro atoms. The van der Waals surface area contributed by atoms with Gasteiger partial charge in [0.25, 0.3) is 11.9 Å². The highest BCUT2D eigenvalue weighted by atomic mass is 35.5. The Labute approximate surface area is 165 Å². The van der Waals surface area contributed by atoms with E-state index in [2.05, 4.69) is 10.2 Å². The van der Waals surface area contributed by atoms with Gasteiger partial charge in [0.05, 0.1) is 11.1 Å². The van der Waals surface area contributed by atoms with Crippen LogP contribution in [-0.2, 0) is 0 Å². The first-order valence-corrected chi connectivity index (χ1v) is 8.93. The lowest BCUT2D eigenvalue weighted by Gasteiger charge is -2.08. The number of nitrogens with two attached hydrogens (primary N) is 2. The summed E-state index contributed by atoms with van der Waals surface area (Å²) in [5.41, 5.74) is 12.8. The molecule has 0 radical (unpaired) electrons. The van der Waals surface area contributed by atoms with Crippen molar-refractivity contribution in [2.45, 2.75) is 0 Å². The van der Waals surface area contributed by atoms with Crippen LogP contribution >= 0.6 is 11.6 Å². The third kappa shape index (κ3) is 3.21. The van der Waals surface area contributed by atoms with E-state index in [9.17, 15) is 4.79 Å². The molecule has 0 aliphatic rings. The van der Waals surface area contributed by atoms with Gasteiger partial charge in [-0.1, -0.05) is 48.0 Å². The van der Waals surface area contributed by atoms with Gasteiger partial charge >= 0.3 is 0 Å². The number of hydrogen-bond acceptors (Lipinski definition) is 2. The van der Waals surface area contributed by atoms with Crippen molar-refractivity contribution in [3.8, 4) is 0 Å². The highest BCUT2D eigenvalue weighted by Gasteiger charge is 2.18. The van der Waals surface area contributed by atoms with E-state index < -0.39 is 0 Å². The topological polar surface area (TPSA) is 100 Å². The van der Waals surface area contributed by atoms with Crippen LogP contribution in [0.2, 0.25) is 5.02 Å². The first kappa shape index (κ1) is 17.8. The van der Waals surface area contributed by atoms with Crippen LogP contribution in [0, 0.1) is 0 Å². The molecule has 6 nitrogen and oxygen atoms in total. The number of fused-ring (bicyclic) bond motifs is 2. The fourth-order valence-corrected chi connectivity index (χ4v) is 3.40. The van der Waals surface area contributed by atoms with Gasteiger partial charge in [-0.25, -0.2) is 0 Å². The highest BCUT2D eigenvalue weighted by molar-refractivity contribution is 6.31. The zero-order valence-electron chi connectivity index (χ0n) is 14.8. The van der Waals surface area contributed by atoms with E-state index in [1.165, 1.54) is 0 Å². The highest BCUT2D eigenvalue weighted by Crippen LogP contribution is 2.26. The van der Waals surface area contributed by atoms with Gasteiger partial charge in [-0.15, -0.1) is 5.10 Å². The molecule has 0 fully saturated rings. The Morgan fingerprint density at radius 1 is 1.04 bits per heavy atom. The fourth-order valence-electron chi connectivity index (χ4n) is 3.23. The van der Waals surface area contributed by atoms with E-state index in [1.807, 2.05) is 48.5 Å². The number of carbonyl (C=O) groups is 1. The van der Waals surface area contributed by atoms with Gasteiger partial charge in [0.1, 0.15) is 0 Å². The quantitative estimate of drug-likeness (QED) is 0.282. The molecule has 0 aliphatic carbocycles. The number of hydrogen-bond donors (Lipinski definition) is 3. The second-order valence-electron chi connectivity index (χ2n) is 6.26. The van der Waals surface area contributed by atoms with Gasteiger partial charge in [0, 0.05) is 27.3 Å². The Kier molecular flexibility index (Phi) is 4.55. The minimum absolute atomic E-state index is 0.0927. The summed E-state index contributed by atoms with van der Waals surface area (Å²) >= 11 is 6.16. The molecule has 0 saturated carbocycles. The second kappa shape index (κ2) is 7.17. The number of aromatic nitrogens is 1. The Morgan fingerprint density at radius 3 is 2.64 bits per heavy atom. The molecule has 1 aromatic heterocycles. The predicted molar refractivity (Wildman–Crippen MR) is 113 cm³/mol. The third-order valence-corrected chi connectivity index (χ3v) is 4.68. The summed E-state index contributed by atoms with van der Waals surface area (Å²) in [6, 6.07) is 18.9. The van der Waals surface area contributed by atoms with Crippen LogP contribution in [0.15, 0.2) is 72.0 Å². The molecular formula is C21H17ClN5O+. The van der Waals surface area contributed by atoms with Gasteiger partial charge in [-0.05, 0) is 35.0 Å². The summed E-state index contributed by atoms with van der Waals surface area (Å²) < 4.78 is 1.61. The van der Waals surface area contributed by atoms with Crippen LogP contribution in [-0.4, -0.2) is 22.6 Å². The molecule has 7 heteroatoms. The van der Waals surface area contributed by atoms with Gasteiger partial charge in [-0.3, -0.25) is 9.36 Å². The maximum absolute atomic E-state index is 13.4. The summed E-state index contributed by atoms with van der Waals surface area (Å²) in [5, 5.41) is 9.70. The van der Waals surface area contributed by atoms with Gasteiger partial charge in [-0.2, -0.15) is 0 Å². The fraction of sp³-hybridized carbons (Fsp3) is 0. The van der Waals surface area contributed by atoms with Gasteiger partial charge in [0.15, 0.2) is 0 Å². The zero-order valence-corrected chi connectivity index (χ0v) is 15.5. The number of guanidine groups is 1. The average molecular weight is 391 g/mol. The van der Waals surface area contributed by atoms with Crippen molar-refractivity contribution in [2.24, 2.45) is 16.6 Å². The molecule has 0 saturated heterocycles. The van der Waals surface area contributed by atoms with E-state index in [4.69, 9.17) is 23.1 Å². The lowest BCUT2D eigenvalue weighted by molar-refractivity contribution is -0.456. The average Bonchev–Trinajstić information content (AvgIpc) is 3.04. The number of benzene rings is 3. The molecule has 0 aliphatic heterocycles. The van der Waals surface area contributed by atoms with E-state index in [0.29, 0.717) is 10.6 Å². The molecule has 28 heavy (non-hydrogen) atoms. The number of hydrazone groups is 1. The van der Waals surface area contributed by atoms with Gasteiger partial charge in [0.2, 0.25) is 6.21 Å². The molecule has 0 amide bonds. The van der Waals surface area contributed by atoms with Crippen LogP contribution in [0.5, 0.6) is 0 Å². The van der Waals surface area contributed by atoms with Crippen LogP contribution in [0.1, 0.15) is 15.9 Å². The predicted octanol–water partition coefficient (Wildman–Crippen LogP) is 1.82. The Bertz CT molecular complexity index is 1260. The summed E-state index contributed by atoms with van der Waals surface area (Å²) in [6.07, 6.45) is 3.35. The largest absolute Gasteiger partial charge is 0.365 e. The zero-order chi connectivity index (χ0) is 19.7. The molecular weight excluding hydrogens is 374 g/mol. The molecule has 5 N–H and O–H groups in total. The standard InChI is InChI=1S/C21H16ClN5O/c22-15-8-9-19-18(10-15)14(11-25-26-21(23)24)12-27(19)20(28)17-7-3-5-13-4-1-2-6-16(13)17/h1-12H,(H4,23,24,26)/p+1/b25-11+. The summed E-state index contributed by atoms with van der Waals surface area (Å²) in [6.45, 7) is 0. The van der Waals surface area contributed by atoms with Crippen molar-refractivity contribution in [3.05, 3.63) is 83.0 Å². The maximum atomic E-state index is 13.4. The molecule has 0 atom stereocenters. The minimum atomic E-state index is -0.134. The van der Waals surface area contributed by atoms with Crippen molar-refractivity contribution in [3.63, 3.8) is 0 Å². The van der Waals surface area contributed by atoms with Gasteiger partial charge < -0.3 is 11.5 Å². The monoisotopic (exact) mass is 390 g/mol. The Hall–Kier alpha value is -3.64. The molecule has 4 rings (SSSR count). The summed E-state index contributed by atoms with van der Waals surface area (Å²) in [4.78, 5) is 13.4. The van der Waals surface area contributed by atoms with Crippen molar-refractivity contribution in [1.82, 2.24) is 4.57 Å². The maximum Gasteiger partial charge on any atom is 0.263 e. The first-order chi connectivity index (χ1) is 13.5. The molecule has 0 unspecified atom stereocenters. The first-order valence-electron chi connectivity index (χ1n) is 8.55. The van der Waals surface area contributed by atoms with E-state index >= 15 is 0 Å². The smallest absolute Gasteiger partial charge is 0.263 e. The minimum Gasteiger partial charge on any atom is -0.365 e.